The van der Waals surface area contributed by atoms with E-state index >= 15 is 0 Å². The maximum absolute atomic E-state index is 13.8. The van der Waals surface area contributed by atoms with E-state index in [0.29, 0.717) is 42.1 Å². The van der Waals surface area contributed by atoms with Gasteiger partial charge in [-0.1, -0.05) is 58.5 Å². The minimum atomic E-state index is -4.26. The van der Waals surface area contributed by atoms with E-state index in [2.05, 4.69) is 0 Å². The van der Waals surface area contributed by atoms with Gasteiger partial charge in [-0.05, 0) is 109 Å². The number of rotatable bonds is 7. The quantitative estimate of drug-likeness (QED) is 0.141. The van der Waals surface area contributed by atoms with Crippen LogP contribution in [0.15, 0.2) is 87.6 Å². The molecule has 0 bridgehead atoms. The van der Waals surface area contributed by atoms with Crippen molar-refractivity contribution >= 4 is 96.8 Å². The predicted molar refractivity (Wildman–Crippen MR) is 180 cm³/mol. The number of aryl methyl sites for hydroxylation is 2. The zero-order chi connectivity index (χ0) is 31.8. The molecule has 1 fully saturated rings. The monoisotopic (exact) mass is 706 g/mol. The zero-order valence-electron chi connectivity index (χ0n) is 23.3. The Bertz CT molecular complexity index is 1960. The number of hydrogen-bond donors (Lipinski definition) is 0. The van der Waals surface area contributed by atoms with Gasteiger partial charge in [0.1, 0.15) is 4.90 Å². The van der Waals surface area contributed by atoms with Crippen LogP contribution in [-0.2, 0) is 14.9 Å². The van der Waals surface area contributed by atoms with E-state index in [1.165, 1.54) is 48.4 Å². The lowest BCUT2D eigenvalue weighted by molar-refractivity contribution is -0.113. The second-order valence-corrected chi connectivity index (χ2v) is 13.8. The van der Waals surface area contributed by atoms with Gasteiger partial charge in [0.25, 0.3) is 5.91 Å². The minimum absolute atomic E-state index is 0.0442. The molecule has 0 aromatic heterocycles. The second kappa shape index (κ2) is 13.0. The average Bonchev–Trinajstić information content (AvgIpc) is 3.27. The van der Waals surface area contributed by atoms with Gasteiger partial charge in [0, 0.05) is 15.1 Å². The Morgan fingerprint density at radius 2 is 1.50 bits per heavy atom. The molecule has 0 unspecified atom stereocenters. The molecule has 1 amide bonds. The number of hydrogen-bond acceptors (Lipinski definition) is 7. The van der Waals surface area contributed by atoms with Crippen LogP contribution < -0.4 is 13.8 Å². The first-order valence-electron chi connectivity index (χ1n) is 12.8. The predicted octanol–water partition coefficient (Wildman–Crippen LogP) is 9.50. The van der Waals surface area contributed by atoms with Crippen LogP contribution in [0.1, 0.15) is 16.7 Å². The van der Waals surface area contributed by atoms with Crippen molar-refractivity contribution in [3.8, 4) is 11.5 Å². The number of amides is 1. The number of carbonyl (C=O) groups is 1. The lowest BCUT2D eigenvalue weighted by Crippen LogP contribution is -2.28. The molecule has 0 radical (unpaired) electrons. The summed E-state index contributed by atoms with van der Waals surface area (Å²) in [4.78, 5) is 20.2. The summed E-state index contributed by atoms with van der Waals surface area (Å²) in [6.45, 7) is 3.75. The molecule has 0 N–H and O–H groups in total. The van der Waals surface area contributed by atoms with Crippen LogP contribution in [0.2, 0.25) is 20.1 Å². The Kier molecular flexibility index (Phi) is 9.55. The normalized spacial score (nSPS) is 15.3. The van der Waals surface area contributed by atoms with Crippen LogP contribution in [0.3, 0.4) is 0 Å². The molecular weight excluding hydrogens is 686 g/mol. The van der Waals surface area contributed by atoms with Crippen LogP contribution in [0.5, 0.6) is 11.5 Å². The maximum atomic E-state index is 13.8. The number of carbonyl (C=O) groups excluding carboxylic acids is 1. The largest absolute Gasteiger partial charge is 0.493 e. The third kappa shape index (κ3) is 6.88. The molecule has 1 saturated heterocycles. The number of aliphatic imine (C=N–C) groups is 1. The highest BCUT2D eigenvalue weighted by Crippen LogP contribution is 2.42. The first-order valence-corrected chi connectivity index (χ1v) is 16.5. The molecule has 0 spiro atoms. The molecule has 44 heavy (non-hydrogen) atoms. The van der Waals surface area contributed by atoms with Gasteiger partial charge in [0.05, 0.1) is 28.4 Å². The van der Waals surface area contributed by atoms with Gasteiger partial charge in [0.2, 0.25) is 5.75 Å². The lowest BCUT2D eigenvalue weighted by Gasteiger charge is -2.16. The van der Waals surface area contributed by atoms with Gasteiger partial charge < -0.3 is 8.92 Å². The molecule has 4 aromatic rings. The zero-order valence-corrected chi connectivity index (χ0v) is 27.9. The summed E-state index contributed by atoms with van der Waals surface area (Å²) in [5.41, 5.74) is 3.31. The Hall–Kier alpha value is -3.18. The van der Waals surface area contributed by atoms with E-state index in [0.717, 1.165) is 22.9 Å². The van der Waals surface area contributed by atoms with Crippen molar-refractivity contribution in [1.82, 2.24) is 0 Å². The van der Waals surface area contributed by atoms with Crippen molar-refractivity contribution in [1.29, 1.82) is 0 Å². The van der Waals surface area contributed by atoms with Crippen molar-refractivity contribution < 1.29 is 22.1 Å². The van der Waals surface area contributed by atoms with Crippen molar-refractivity contribution in [3.05, 3.63) is 114 Å². The SMILES string of the molecule is COc1cc(/C=C2/SC(=Nc3ccc(C)c(Cl)c3)N(c3ccc(C)c(Cl)c3)C2=O)cc(Cl)c1OS(=O)(=O)c1ccc(Cl)cc1. The number of halogens is 4. The van der Waals surface area contributed by atoms with Crippen LogP contribution in [0.4, 0.5) is 11.4 Å². The fourth-order valence-corrected chi connectivity index (χ4v) is 6.81. The van der Waals surface area contributed by atoms with E-state index in [1.807, 2.05) is 32.0 Å². The third-order valence-electron chi connectivity index (χ3n) is 6.45. The standard InChI is InChI=1S/C31H22Cl4N2O5S2/c1-17-4-8-21(15-24(17)33)36-31-37(22-9-5-18(2)25(34)16-22)30(38)28(43-31)14-19-12-26(35)29(27(13-19)41-3)42-44(39,40)23-10-6-20(32)7-11-23/h4-16H,1-3H3/b28-14+,36-31?. The lowest BCUT2D eigenvalue weighted by atomic mass is 10.1. The van der Waals surface area contributed by atoms with E-state index < -0.39 is 10.1 Å². The minimum Gasteiger partial charge on any atom is -0.493 e. The van der Waals surface area contributed by atoms with Gasteiger partial charge in [-0.3, -0.25) is 9.69 Å². The molecule has 1 aliphatic rings. The summed E-state index contributed by atoms with van der Waals surface area (Å²) in [5, 5.41) is 1.75. The summed E-state index contributed by atoms with van der Waals surface area (Å²) in [5.74, 6) is -0.513. The molecule has 7 nitrogen and oxygen atoms in total. The van der Waals surface area contributed by atoms with Gasteiger partial charge >= 0.3 is 10.1 Å². The molecule has 0 aliphatic carbocycles. The molecule has 226 valence electrons. The number of methoxy groups -OCH3 is 1. The van der Waals surface area contributed by atoms with Crippen LogP contribution in [0.25, 0.3) is 6.08 Å². The highest BCUT2D eigenvalue weighted by atomic mass is 35.5. The Labute approximate surface area is 279 Å². The molecule has 1 aliphatic heterocycles. The summed E-state index contributed by atoms with van der Waals surface area (Å²) in [6.07, 6.45) is 1.60. The Balaban J connectivity index is 1.53. The van der Waals surface area contributed by atoms with Crippen LogP contribution in [0, 0.1) is 13.8 Å². The highest BCUT2D eigenvalue weighted by Gasteiger charge is 2.35. The van der Waals surface area contributed by atoms with Crippen molar-refractivity contribution in [2.75, 3.05) is 12.0 Å². The van der Waals surface area contributed by atoms with Gasteiger partial charge in [0.15, 0.2) is 10.9 Å². The van der Waals surface area contributed by atoms with Crippen molar-refractivity contribution in [3.63, 3.8) is 0 Å². The number of ether oxygens (including phenoxy) is 1. The number of thioether (sulfide) groups is 1. The third-order valence-corrected chi connectivity index (χ3v) is 10.00. The van der Waals surface area contributed by atoms with E-state index in [-0.39, 0.29) is 27.3 Å². The maximum Gasteiger partial charge on any atom is 0.339 e. The van der Waals surface area contributed by atoms with Crippen LogP contribution in [-0.4, -0.2) is 26.6 Å². The highest BCUT2D eigenvalue weighted by molar-refractivity contribution is 8.19. The fraction of sp³-hybridized carbons (Fsp3) is 0.0968. The first-order chi connectivity index (χ1) is 20.9. The molecule has 0 saturated carbocycles. The van der Waals surface area contributed by atoms with Crippen LogP contribution >= 0.6 is 58.2 Å². The van der Waals surface area contributed by atoms with Gasteiger partial charge in [-0.25, -0.2) is 4.99 Å². The number of nitrogens with zero attached hydrogens (tertiary/aromatic N) is 2. The molecule has 5 rings (SSSR count). The number of benzene rings is 4. The second-order valence-electron chi connectivity index (χ2n) is 9.54. The fourth-order valence-electron chi connectivity index (χ4n) is 4.07. The summed E-state index contributed by atoms with van der Waals surface area (Å²) in [6, 6.07) is 19.2. The average molecular weight is 708 g/mol. The van der Waals surface area contributed by atoms with Crippen molar-refractivity contribution in [2.45, 2.75) is 18.7 Å². The molecule has 1 heterocycles. The van der Waals surface area contributed by atoms with E-state index in [1.54, 1.807) is 24.3 Å². The molecule has 4 aromatic carbocycles. The van der Waals surface area contributed by atoms with E-state index in [9.17, 15) is 13.2 Å². The van der Waals surface area contributed by atoms with Crippen molar-refractivity contribution in [2.24, 2.45) is 4.99 Å². The molecule has 0 atom stereocenters. The Morgan fingerprint density at radius 1 is 0.841 bits per heavy atom. The smallest absolute Gasteiger partial charge is 0.339 e. The summed E-state index contributed by atoms with van der Waals surface area (Å²) < 4.78 is 36.6. The Morgan fingerprint density at radius 3 is 2.14 bits per heavy atom. The summed E-state index contributed by atoms with van der Waals surface area (Å²) in [7, 11) is -2.91. The number of anilines is 1. The first kappa shape index (κ1) is 32.2. The molecule has 13 heteroatoms. The topological polar surface area (TPSA) is 85.3 Å². The summed E-state index contributed by atoms with van der Waals surface area (Å²) >= 11 is 26.3. The molecular formula is C31H22Cl4N2O5S2. The van der Waals surface area contributed by atoms with Gasteiger partial charge in [-0.2, -0.15) is 8.42 Å². The number of amidine groups is 1. The van der Waals surface area contributed by atoms with Gasteiger partial charge in [-0.15, -0.1) is 0 Å². The van der Waals surface area contributed by atoms with E-state index in [4.69, 9.17) is 60.3 Å².